The van der Waals surface area contributed by atoms with E-state index in [-0.39, 0.29) is 29.0 Å². The molecule has 1 aromatic carbocycles. The van der Waals surface area contributed by atoms with Gasteiger partial charge in [-0.1, -0.05) is 0 Å². The molecule has 0 aliphatic carbocycles. The lowest BCUT2D eigenvalue weighted by atomic mass is 10.0. The van der Waals surface area contributed by atoms with Gasteiger partial charge in [-0.3, -0.25) is 14.8 Å². The van der Waals surface area contributed by atoms with Crippen molar-refractivity contribution in [1.29, 1.82) is 0 Å². The maximum Gasteiger partial charge on any atom is 0.343 e. The van der Waals surface area contributed by atoms with Crippen LogP contribution in [0.25, 0.3) is 32.7 Å². The Kier molecular flexibility index (Phi) is 4.97. The van der Waals surface area contributed by atoms with Crippen LogP contribution in [0.3, 0.4) is 0 Å². The monoisotopic (exact) mass is 469 g/mol. The number of ether oxygens (including phenoxy) is 3. The number of aryl methyl sites for hydroxylation is 1. The van der Waals surface area contributed by atoms with Crippen molar-refractivity contribution in [3.8, 4) is 38.9 Å². The molecule has 0 atom stereocenters. The number of hydrogen-bond acceptors (Lipinski definition) is 8. The molecule has 11 heteroatoms. The molecule has 0 bridgehead atoms. The third-order valence-electron chi connectivity index (χ3n) is 5.29. The summed E-state index contributed by atoms with van der Waals surface area (Å²) in [7, 11) is 0. The van der Waals surface area contributed by atoms with Crippen molar-refractivity contribution < 1.29 is 24.1 Å². The molecular weight excluding hydrogens is 450 g/mol. The average molecular weight is 469 g/mol. The van der Waals surface area contributed by atoms with Gasteiger partial charge >= 0.3 is 11.7 Å². The van der Waals surface area contributed by atoms with Crippen molar-refractivity contribution in [2.45, 2.75) is 13.8 Å². The maximum atomic E-state index is 12.8. The number of esters is 1. The molecule has 0 unspecified atom stereocenters. The van der Waals surface area contributed by atoms with Crippen molar-refractivity contribution in [2.24, 2.45) is 0 Å². The van der Waals surface area contributed by atoms with E-state index >= 15 is 0 Å². The molecule has 33 heavy (non-hydrogen) atoms. The second-order valence-corrected chi connectivity index (χ2v) is 8.55. The molecule has 10 nitrogen and oxygen atoms in total. The van der Waals surface area contributed by atoms with Crippen LogP contribution in [-0.2, 0) is 4.74 Å². The first-order chi connectivity index (χ1) is 15.9. The highest BCUT2D eigenvalue weighted by Gasteiger charge is 2.29. The summed E-state index contributed by atoms with van der Waals surface area (Å²) in [4.78, 5) is 45.9. The third-order valence-corrected chi connectivity index (χ3v) is 6.40. The second-order valence-electron chi connectivity index (χ2n) is 7.32. The first kappa shape index (κ1) is 20.9. The fraction of sp³-hybridized carbons (Fsp3) is 0.227. The summed E-state index contributed by atoms with van der Waals surface area (Å²) in [5.74, 6) is 0.178. The number of nitrogens with one attached hydrogen (secondary N) is 3. The van der Waals surface area contributed by atoms with Gasteiger partial charge in [0.2, 0.25) is 0 Å². The summed E-state index contributed by atoms with van der Waals surface area (Å²) < 4.78 is 16.3. The molecule has 0 fully saturated rings. The van der Waals surface area contributed by atoms with E-state index in [9.17, 15) is 19.5 Å². The molecule has 1 aliphatic rings. The highest BCUT2D eigenvalue weighted by Crippen LogP contribution is 2.48. The van der Waals surface area contributed by atoms with E-state index in [1.165, 1.54) is 0 Å². The van der Waals surface area contributed by atoms with Crippen LogP contribution in [-0.4, -0.2) is 45.8 Å². The van der Waals surface area contributed by atoms with Crippen LogP contribution in [0.2, 0.25) is 0 Å². The molecule has 0 spiro atoms. The molecule has 0 radical (unpaired) electrons. The van der Waals surface area contributed by atoms with Gasteiger partial charge in [-0.25, -0.2) is 9.59 Å². The molecule has 4 aromatic rings. The molecule has 3 aromatic heterocycles. The van der Waals surface area contributed by atoms with E-state index < -0.39 is 17.2 Å². The first-order valence-corrected chi connectivity index (χ1v) is 11.0. The number of rotatable bonds is 4. The molecule has 170 valence electrons. The molecule has 4 heterocycles. The zero-order valence-corrected chi connectivity index (χ0v) is 18.5. The smallest absolute Gasteiger partial charge is 0.343 e. The quantitative estimate of drug-likeness (QED) is 0.336. The van der Waals surface area contributed by atoms with Gasteiger partial charge in [-0.05, 0) is 32.0 Å². The number of thiophene rings is 1. The highest BCUT2D eigenvalue weighted by molar-refractivity contribution is 7.16. The van der Waals surface area contributed by atoms with Crippen molar-refractivity contribution in [3.63, 3.8) is 0 Å². The highest BCUT2D eigenvalue weighted by atomic mass is 32.1. The molecule has 4 N–H and O–H groups in total. The number of benzene rings is 1. The van der Waals surface area contributed by atoms with Gasteiger partial charge in [-0.15, -0.1) is 11.3 Å². The van der Waals surface area contributed by atoms with E-state index in [0.717, 1.165) is 11.3 Å². The Bertz CT molecular complexity index is 1530. The van der Waals surface area contributed by atoms with Gasteiger partial charge in [0.1, 0.15) is 30.2 Å². The number of aromatic nitrogens is 3. The Balaban J connectivity index is 1.81. The lowest BCUT2D eigenvalue weighted by Gasteiger charge is -2.19. The van der Waals surface area contributed by atoms with E-state index in [0.29, 0.717) is 51.3 Å². The number of aromatic amines is 3. The summed E-state index contributed by atoms with van der Waals surface area (Å²) in [6.45, 7) is 4.35. The normalized spacial score (nSPS) is 12.8. The van der Waals surface area contributed by atoms with Crippen molar-refractivity contribution >= 4 is 28.3 Å². The molecule has 0 saturated carbocycles. The Hall–Kier alpha value is -3.99. The van der Waals surface area contributed by atoms with Crippen LogP contribution in [0.5, 0.6) is 17.2 Å². The molecular formula is C22H19N3O7S. The second kappa shape index (κ2) is 7.85. The predicted molar refractivity (Wildman–Crippen MR) is 122 cm³/mol. The van der Waals surface area contributed by atoms with Crippen LogP contribution in [0.1, 0.15) is 22.2 Å². The fourth-order valence-corrected chi connectivity index (χ4v) is 5.01. The maximum absolute atomic E-state index is 12.8. The summed E-state index contributed by atoms with van der Waals surface area (Å²) in [5, 5.41) is 11.2. The minimum atomic E-state index is -0.673. The van der Waals surface area contributed by atoms with Crippen LogP contribution in [0.4, 0.5) is 0 Å². The summed E-state index contributed by atoms with van der Waals surface area (Å²) in [6, 6.07) is 5.27. The Morgan fingerprint density at radius 2 is 1.91 bits per heavy atom. The zero-order chi connectivity index (χ0) is 23.3. The largest absolute Gasteiger partial charge is 0.505 e. The number of fused-ring (bicyclic) bond motifs is 2. The first-order valence-electron chi connectivity index (χ1n) is 10.2. The minimum Gasteiger partial charge on any atom is -0.505 e. The van der Waals surface area contributed by atoms with Crippen LogP contribution < -0.4 is 20.7 Å². The van der Waals surface area contributed by atoms with Gasteiger partial charge in [0.15, 0.2) is 11.5 Å². The summed E-state index contributed by atoms with van der Waals surface area (Å²) in [6.07, 6.45) is 0. The molecule has 0 amide bonds. The average Bonchev–Trinajstić information content (AvgIpc) is 3.30. The van der Waals surface area contributed by atoms with Gasteiger partial charge in [0.05, 0.1) is 22.6 Å². The van der Waals surface area contributed by atoms with E-state index in [1.54, 1.807) is 32.0 Å². The Morgan fingerprint density at radius 1 is 1.15 bits per heavy atom. The van der Waals surface area contributed by atoms with Gasteiger partial charge in [0.25, 0.3) is 5.56 Å². The summed E-state index contributed by atoms with van der Waals surface area (Å²) >= 11 is 1.15. The topological polar surface area (TPSA) is 146 Å². The van der Waals surface area contributed by atoms with Crippen LogP contribution in [0.15, 0.2) is 27.8 Å². The van der Waals surface area contributed by atoms with Crippen molar-refractivity contribution in [1.82, 2.24) is 15.0 Å². The number of carbonyl (C=O) groups excluding carboxylic acids is 1. The number of hydrogen-bond donors (Lipinski definition) is 4. The Morgan fingerprint density at radius 3 is 2.67 bits per heavy atom. The third kappa shape index (κ3) is 3.37. The van der Waals surface area contributed by atoms with Crippen molar-refractivity contribution in [2.75, 3.05) is 19.8 Å². The van der Waals surface area contributed by atoms with E-state index in [4.69, 9.17) is 14.2 Å². The van der Waals surface area contributed by atoms with Gasteiger partial charge < -0.3 is 24.3 Å². The van der Waals surface area contributed by atoms with Gasteiger partial charge in [0, 0.05) is 16.0 Å². The van der Waals surface area contributed by atoms with Gasteiger partial charge in [-0.2, -0.15) is 0 Å². The number of H-pyrrole nitrogens is 3. The number of aromatic hydroxyl groups is 1. The van der Waals surface area contributed by atoms with Crippen LogP contribution >= 0.6 is 11.3 Å². The summed E-state index contributed by atoms with van der Waals surface area (Å²) in [5.41, 5.74) is 0.363. The zero-order valence-electron chi connectivity index (χ0n) is 17.7. The standard InChI is InChI=1S/C22H19N3O7S/c1-3-30-21(28)13-9(2)33-18(17(13)26)14-15-19(24-22(29)25-20(15)27)23-16(14)10-4-5-11-12(8-10)32-7-6-31-11/h4-5,8,26H,3,6-7H2,1-2H3,(H3,23,24,25,27,29). The fourth-order valence-electron chi connectivity index (χ4n) is 3.92. The van der Waals surface area contributed by atoms with Crippen LogP contribution in [0, 0.1) is 6.92 Å². The number of carbonyl (C=O) groups is 1. The lowest BCUT2D eigenvalue weighted by Crippen LogP contribution is -2.21. The van der Waals surface area contributed by atoms with E-state index in [1.807, 2.05) is 0 Å². The lowest BCUT2D eigenvalue weighted by molar-refractivity contribution is 0.0523. The molecule has 0 saturated heterocycles. The van der Waals surface area contributed by atoms with E-state index in [2.05, 4.69) is 15.0 Å². The predicted octanol–water partition coefficient (Wildman–Crippen LogP) is 2.90. The minimum absolute atomic E-state index is 0.0418. The molecule has 5 rings (SSSR count). The molecule has 1 aliphatic heterocycles. The van der Waals surface area contributed by atoms with Crippen molar-refractivity contribution in [3.05, 3.63) is 49.5 Å². The Labute approximate surface area is 189 Å². The SMILES string of the molecule is CCOC(=O)c1c(C)sc(-c2c(-c3ccc4c(c3)OCCO4)[nH]c3[nH]c(=O)[nH]c(=O)c23)c1O.